The first-order chi connectivity index (χ1) is 13.7. The molecule has 29 heavy (non-hydrogen) atoms. The van der Waals surface area contributed by atoms with Crippen LogP contribution in [-0.4, -0.2) is 23.9 Å². The Bertz CT molecular complexity index is 957. The summed E-state index contributed by atoms with van der Waals surface area (Å²) in [6.45, 7) is 5.76. The molecule has 154 valence electrons. The maximum atomic E-state index is 12.6. The van der Waals surface area contributed by atoms with Crippen molar-refractivity contribution in [3.63, 3.8) is 0 Å². The molecule has 1 saturated heterocycles. The summed E-state index contributed by atoms with van der Waals surface area (Å²) < 4.78 is 0. The first-order valence-electron chi connectivity index (χ1n) is 9.15. The number of nitrogens with zero attached hydrogens (tertiary/aromatic N) is 2. The summed E-state index contributed by atoms with van der Waals surface area (Å²) in [6, 6.07) is 7.36. The van der Waals surface area contributed by atoms with Gasteiger partial charge < -0.3 is 10.2 Å². The second kappa shape index (κ2) is 8.78. The minimum atomic E-state index is -0.527. The summed E-state index contributed by atoms with van der Waals surface area (Å²) in [5.41, 5.74) is 0.855. The Labute approximate surface area is 183 Å². The Kier molecular flexibility index (Phi) is 6.56. The van der Waals surface area contributed by atoms with E-state index in [1.807, 2.05) is 4.90 Å². The summed E-state index contributed by atoms with van der Waals surface area (Å²) in [7, 11) is 0. The van der Waals surface area contributed by atoms with Crippen LogP contribution in [-0.2, 0) is 0 Å². The molecule has 6 nitrogen and oxygen atoms in total. The Hall–Kier alpha value is -2.02. The maximum Gasteiger partial charge on any atom is 0.293 e. The van der Waals surface area contributed by atoms with Gasteiger partial charge in [0.15, 0.2) is 0 Å². The van der Waals surface area contributed by atoms with E-state index in [1.54, 1.807) is 12.1 Å². The first-order valence-corrected chi connectivity index (χ1v) is 10.3. The van der Waals surface area contributed by atoms with E-state index in [4.69, 9.17) is 34.8 Å². The molecule has 0 aliphatic carbocycles. The van der Waals surface area contributed by atoms with E-state index in [1.165, 1.54) is 18.2 Å². The molecule has 2 aromatic rings. The van der Waals surface area contributed by atoms with Crippen molar-refractivity contribution >= 4 is 57.8 Å². The number of benzene rings is 2. The summed E-state index contributed by atoms with van der Waals surface area (Å²) in [4.78, 5) is 25.9. The highest BCUT2D eigenvalue weighted by atomic mass is 35.5. The van der Waals surface area contributed by atoms with Crippen LogP contribution in [0.2, 0.25) is 15.1 Å². The summed E-state index contributed by atoms with van der Waals surface area (Å²) in [6.07, 6.45) is 1.09. The lowest BCUT2D eigenvalue weighted by Gasteiger charge is -2.36. The monoisotopic (exact) mass is 455 g/mol. The normalized spacial score (nSPS) is 19.1. The van der Waals surface area contributed by atoms with Crippen molar-refractivity contribution in [2.45, 2.75) is 20.3 Å². The second-order valence-electron chi connectivity index (χ2n) is 7.51. The molecule has 1 fully saturated rings. The van der Waals surface area contributed by atoms with Crippen LogP contribution in [0.15, 0.2) is 30.3 Å². The Morgan fingerprint density at radius 2 is 1.69 bits per heavy atom. The molecule has 9 heteroatoms. The van der Waals surface area contributed by atoms with Crippen molar-refractivity contribution in [3.8, 4) is 0 Å². The number of carbonyl (C=O) groups is 1. The van der Waals surface area contributed by atoms with Gasteiger partial charge in [-0.3, -0.25) is 14.9 Å². The predicted octanol–water partition coefficient (Wildman–Crippen LogP) is 6.29. The van der Waals surface area contributed by atoms with Crippen molar-refractivity contribution in [2.75, 3.05) is 23.3 Å². The van der Waals surface area contributed by atoms with Crippen molar-refractivity contribution < 1.29 is 9.72 Å². The van der Waals surface area contributed by atoms with E-state index in [-0.39, 0.29) is 32.0 Å². The molecule has 1 N–H and O–H groups in total. The highest BCUT2D eigenvalue weighted by Gasteiger charge is 2.28. The lowest BCUT2D eigenvalue weighted by molar-refractivity contribution is -0.384. The topological polar surface area (TPSA) is 75.5 Å². The fourth-order valence-corrected chi connectivity index (χ4v) is 4.34. The average Bonchev–Trinajstić information content (AvgIpc) is 2.64. The molecule has 1 aliphatic heterocycles. The van der Waals surface area contributed by atoms with Gasteiger partial charge in [0, 0.05) is 24.7 Å². The van der Waals surface area contributed by atoms with Crippen LogP contribution in [0.4, 0.5) is 17.1 Å². The van der Waals surface area contributed by atoms with Gasteiger partial charge in [0.2, 0.25) is 0 Å². The molecule has 3 rings (SSSR count). The fraction of sp³-hybridized carbons (Fsp3) is 0.350. The minimum absolute atomic E-state index is 0.0980. The van der Waals surface area contributed by atoms with Crippen LogP contribution in [0.5, 0.6) is 0 Å². The van der Waals surface area contributed by atoms with E-state index in [0.29, 0.717) is 17.5 Å². The molecule has 2 atom stereocenters. The molecule has 0 unspecified atom stereocenters. The number of nitro groups is 1. The number of piperidine rings is 1. The van der Waals surface area contributed by atoms with Gasteiger partial charge in [-0.25, -0.2) is 0 Å². The van der Waals surface area contributed by atoms with Gasteiger partial charge in [-0.05, 0) is 42.5 Å². The molecule has 1 heterocycles. The number of anilines is 2. The van der Waals surface area contributed by atoms with E-state index in [2.05, 4.69) is 19.2 Å². The van der Waals surface area contributed by atoms with E-state index in [9.17, 15) is 14.9 Å². The van der Waals surface area contributed by atoms with Crippen LogP contribution in [0, 0.1) is 22.0 Å². The number of nitrogens with one attached hydrogen (secondary N) is 1. The van der Waals surface area contributed by atoms with Gasteiger partial charge in [-0.2, -0.15) is 0 Å². The highest BCUT2D eigenvalue weighted by Crippen LogP contribution is 2.35. The van der Waals surface area contributed by atoms with Gasteiger partial charge in [0.1, 0.15) is 5.69 Å². The quantitative estimate of drug-likeness (QED) is 0.333. The van der Waals surface area contributed by atoms with Crippen molar-refractivity contribution in [2.24, 2.45) is 11.8 Å². The van der Waals surface area contributed by atoms with Crippen molar-refractivity contribution in [1.29, 1.82) is 0 Å². The largest absolute Gasteiger partial charge is 0.365 e. The fourth-order valence-electron chi connectivity index (χ4n) is 3.75. The van der Waals surface area contributed by atoms with E-state index in [0.717, 1.165) is 19.5 Å². The molecular weight excluding hydrogens is 437 g/mol. The Balaban J connectivity index is 1.89. The number of carbonyl (C=O) groups excluding carboxylic acids is 1. The lowest BCUT2D eigenvalue weighted by atomic mass is 9.91. The third-order valence-corrected chi connectivity index (χ3v) is 5.94. The van der Waals surface area contributed by atoms with Crippen LogP contribution in [0.25, 0.3) is 0 Å². The molecule has 0 saturated carbocycles. The lowest BCUT2D eigenvalue weighted by Crippen LogP contribution is -2.39. The maximum absolute atomic E-state index is 12.6. The SMILES string of the molecule is C[C@@H]1C[C@H](C)CN(c2ccc(C(=O)Nc3cc(Cl)c(Cl)cc3Cl)cc2[N+](=O)[O-])C1. The first kappa shape index (κ1) is 21.7. The number of hydrogen-bond acceptors (Lipinski definition) is 4. The predicted molar refractivity (Wildman–Crippen MR) is 118 cm³/mol. The van der Waals surface area contributed by atoms with Crippen LogP contribution in [0.3, 0.4) is 0 Å². The smallest absolute Gasteiger partial charge is 0.293 e. The molecule has 0 bridgehead atoms. The molecular formula is C20H20Cl3N3O3. The summed E-state index contributed by atoms with van der Waals surface area (Å²) in [5, 5.41) is 15.0. The van der Waals surface area contributed by atoms with Crippen LogP contribution < -0.4 is 10.2 Å². The van der Waals surface area contributed by atoms with Crippen LogP contribution in [0.1, 0.15) is 30.6 Å². The molecule has 2 aromatic carbocycles. The zero-order valence-electron chi connectivity index (χ0n) is 15.9. The summed E-state index contributed by atoms with van der Waals surface area (Å²) >= 11 is 18.0. The van der Waals surface area contributed by atoms with Gasteiger partial charge in [0.05, 0.1) is 25.7 Å². The van der Waals surface area contributed by atoms with Crippen LogP contribution >= 0.6 is 34.8 Å². The zero-order valence-corrected chi connectivity index (χ0v) is 18.2. The second-order valence-corrected chi connectivity index (χ2v) is 8.73. The molecule has 0 aromatic heterocycles. The Morgan fingerprint density at radius 1 is 1.07 bits per heavy atom. The Morgan fingerprint density at radius 3 is 2.31 bits per heavy atom. The highest BCUT2D eigenvalue weighted by molar-refractivity contribution is 6.44. The third-order valence-electron chi connectivity index (χ3n) is 4.90. The third kappa shape index (κ3) is 4.94. The van der Waals surface area contributed by atoms with Gasteiger partial charge in [-0.15, -0.1) is 0 Å². The number of halogens is 3. The number of hydrogen-bond donors (Lipinski definition) is 1. The van der Waals surface area contributed by atoms with Crippen molar-refractivity contribution in [3.05, 3.63) is 61.1 Å². The average molecular weight is 457 g/mol. The number of amides is 1. The van der Waals surface area contributed by atoms with E-state index < -0.39 is 10.8 Å². The standard InChI is InChI=1S/C20H20Cl3N3O3/c1-11-5-12(2)10-25(9-11)18-4-3-13(6-19(18)26(28)29)20(27)24-17-8-15(22)14(21)7-16(17)23/h3-4,6-8,11-12H,5,9-10H2,1-2H3,(H,24,27)/t11-,12+. The number of rotatable bonds is 4. The summed E-state index contributed by atoms with van der Waals surface area (Å²) in [5.74, 6) is 0.358. The van der Waals surface area contributed by atoms with Crippen molar-refractivity contribution in [1.82, 2.24) is 0 Å². The zero-order chi connectivity index (χ0) is 21.3. The molecule has 0 spiro atoms. The van der Waals surface area contributed by atoms with Gasteiger partial charge in [-0.1, -0.05) is 48.7 Å². The molecule has 1 amide bonds. The number of nitro benzene ring substituents is 1. The van der Waals surface area contributed by atoms with E-state index >= 15 is 0 Å². The van der Waals surface area contributed by atoms with Gasteiger partial charge in [0.25, 0.3) is 11.6 Å². The minimum Gasteiger partial charge on any atom is -0.365 e. The molecule has 1 aliphatic rings. The van der Waals surface area contributed by atoms with Gasteiger partial charge >= 0.3 is 0 Å². The molecule has 0 radical (unpaired) electrons.